The van der Waals surface area contributed by atoms with E-state index in [2.05, 4.69) is 5.32 Å². The van der Waals surface area contributed by atoms with Gasteiger partial charge in [-0.3, -0.25) is 4.79 Å². The number of alkyl halides is 1. The van der Waals surface area contributed by atoms with Crippen molar-refractivity contribution in [3.63, 3.8) is 0 Å². The Morgan fingerprint density at radius 2 is 2.38 bits per heavy atom. The molecule has 0 aliphatic carbocycles. The molecule has 0 saturated heterocycles. The van der Waals surface area contributed by atoms with Crippen molar-refractivity contribution >= 4 is 17.5 Å². The first-order chi connectivity index (χ1) is 7.72. The number of benzene rings is 1. The summed E-state index contributed by atoms with van der Waals surface area (Å²) in [5.74, 6) is 1.00. The highest BCUT2D eigenvalue weighted by atomic mass is 35.5. The van der Waals surface area contributed by atoms with E-state index < -0.39 is 0 Å². The van der Waals surface area contributed by atoms with Gasteiger partial charge in [-0.15, -0.1) is 11.6 Å². The minimum absolute atomic E-state index is 0.0121. The number of para-hydroxylation sites is 1. The van der Waals surface area contributed by atoms with E-state index in [0.29, 0.717) is 12.5 Å². The summed E-state index contributed by atoms with van der Waals surface area (Å²) in [5.41, 5.74) is 0.960. The zero-order valence-electron chi connectivity index (χ0n) is 9.07. The molecule has 0 aromatic heterocycles. The number of ether oxygens (including phenoxy) is 1. The molecule has 86 valence electrons. The molecular weight excluding hydrogens is 226 g/mol. The van der Waals surface area contributed by atoms with Gasteiger partial charge in [0, 0.05) is 17.5 Å². The van der Waals surface area contributed by atoms with E-state index in [4.69, 9.17) is 16.3 Å². The normalized spacial score (nSPS) is 19.8. The van der Waals surface area contributed by atoms with Crippen molar-refractivity contribution in [2.75, 3.05) is 12.5 Å². The molecule has 0 saturated carbocycles. The largest absolute Gasteiger partial charge is 0.492 e. The minimum atomic E-state index is -0.207. The quantitative estimate of drug-likeness (QED) is 0.819. The lowest BCUT2D eigenvalue weighted by Crippen LogP contribution is -2.37. The van der Waals surface area contributed by atoms with E-state index in [9.17, 15) is 4.79 Å². The smallest absolute Gasteiger partial charge is 0.231 e. The summed E-state index contributed by atoms with van der Waals surface area (Å²) in [6.45, 7) is 2.30. The molecule has 1 amide bonds. The van der Waals surface area contributed by atoms with E-state index >= 15 is 0 Å². The zero-order chi connectivity index (χ0) is 11.5. The van der Waals surface area contributed by atoms with Crippen LogP contribution in [0, 0.1) is 0 Å². The number of nitrogens with one attached hydrogen (secondary N) is 1. The van der Waals surface area contributed by atoms with Crippen LogP contribution in [-0.2, 0) is 4.79 Å². The fourth-order valence-electron chi connectivity index (χ4n) is 1.76. The van der Waals surface area contributed by atoms with Crippen molar-refractivity contribution in [1.29, 1.82) is 0 Å². The van der Waals surface area contributed by atoms with Crippen molar-refractivity contribution < 1.29 is 9.53 Å². The van der Waals surface area contributed by atoms with Gasteiger partial charge in [0.15, 0.2) is 0 Å². The Labute approximate surface area is 99.7 Å². The van der Waals surface area contributed by atoms with E-state index in [-0.39, 0.29) is 17.9 Å². The van der Waals surface area contributed by atoms with Crippen LogP contribution in [0.1, 0.15) is 18.4 Å². The third-order valence-corrected chi connectivity index (χ3v) is 3.10. The van der Waals surface area contributed by atoms with Crippen molar-refractivity contribution in [2.45, 2.75) is 18.9 Å². The standard InChI is InChI=1S/C12H14ClNO2/c1-8(6-13)14-12(15)10-7-16-11-5-3-2-4-9(10)11/h2-5,8,10H,6-7H2,1H3,(H,14,15). The second-order valence-electron chi connectivity index (χ2n) is 3.97. The molecule has 1 aliphatic rings. The van der Waals surface area contributed by atoms with Gasteiger partial charge < -0.3 is 10.1 Å². The number of halogens is 1. The Morgan fingerprint density at radius 3 is 3.12 bits per heavy atom. The van der Waals surface area contributed by atoms with Crippen LogP contribution in [0.2, 0.25) is 0 Å². The number of amides is 1. The highest BCUT2D eigenvalue weighted by molar-refractivity contribution is 6.18. The molecule has 1 aromatic rings. The summed E-state index contributed by atoms with van der Waals surface area (Å²) >= 11 is 5.66. The third kappa shape index (κ3) is 2.14. The predicted molar refractivity (Wildman–Crippen MR) is 63.0 cm³/mol. The molecule has 0 bridgehead atoms. The number of carbonyl (C=O) groups is 1. The van der Waals surface area contributed by atoms with Gasteiger partial charge >= 0.3 is 0 Å². The van der Waals surface area contributed by atoms with E-state index in [1.807, 2.05) is 31.2 Å². The summed E-state index contributed by atoms with van der Waals surface area (Å²) in [4.78, 5) is 11.9. The number of hydrogen-bond acceptors (Lipinski definition) is 2. The fourth-order valence-corrected chi connectivity index (χ4v) is 1.84. The second-order valence-corrected chi connectivity index (χ2v) is 4.27. The fraction of sp³-hybridized carbons (Fsp3) is 0.417. The van der Waals surface area contributed by atoms with Crippen LogP contribution in [0.4, 0.5) is 0 Å². The van der Waals surface area contributed by atoms with Crippen molar-refractivity contribution in [3.8, 4) is 5.75 Å². The Morgan fingerprint density at radius 1 is 1.62 bits per heavy atom. The summed E-state index contributed by atoms with van der Waals surface area (Å²) < 4.78 is 5.45. The van der Waals surface area contributed by atoms with Crippen molar-refractivity contribution in [3.05, 3.63) is 29.8 Å². The van der Waals surface area contributed by atoms with Crippen LogP contribution >= 0.6 is 11.6 Å². The molecule has 2 atom stereocenters. The van der Waals surface area contributed by atoms with E-state index in [1.165, 1.54) is 0 Å². The molecule has 0 spiro atoms. The van der Waals surface area contributed by atoms with Gasteiger partial charge in [0.2, 0.25) is 5.91 Å². The lowest BCUT2D eigenvalue weighted by atomic mass is 10.0. The first-order valence-corrected chi connectivity index (χ1v) is 5.84. The lowest BCUT2D eigenvalue weighted by molar-refractivity contribution is -0.123. The van der Waals surface area contributed by atoms with Crippen molar-refractivity contribution in [2.24, 2.45) is 0 Å². The van der Waals surface area contributed by atoms with Crippen LogP contribution in [0.25, 0.3) is 0 Å². The average molecular weight is 240 g/mol. The van der Waals surface area contributed by atoms with Crippen LogP contribution in [0.15, 0.2) is 24.3 Å². The summed E-state index contributed by atoms with van der Waals surface area (Å²) in [7, 11) is 0. The zero-order valence-corrected chi connectivity index (χ0v) is 9.83. The van der Waals surface area contributed by atoms with Gasteiger partial charge in [-0.25, -0.2) is 0 Å². The number of hydrogen-bond donors (Lipinski definition) is 1. The molecule has 1 heterocycles. The Hall–Kier alpha value is -1.22. The minimum Gasteiger partial charge on any atom is -0.492 e. The SMILES string of the molecule is CC(CCl)NC(=O)C1COc2ccccc21. The summed E-state index contributed by atoms with van der Waals surface area (Å²) in [6.07, 6.45) is 0. The lowest BCUT2D eigenvalue weighted by Gasteiger charge is -2.14. The molecule has 0 radical (unpaired) electrons. The maximum absolute atomic E-state index is 11.9. The van der Waals surface area contributed by atoms with E-state index in [1.54, 1.807) is 0 Å². The summed E-state index contributed by atoms with van der Waals surface area (Å²) in [5, 5.41) is 2.86. The molecule has 1 N–H and O–H groups in total. The number of fused-ring (bicyclic) bond motifs is 1. The van der Waals surface area contributed by atoms with Gasteiger partial charge in [-0.05, 0) is 13.0 Å². The molecule has 2 unspecified atom stereocenters. The molecule has 16 heavy (non-hydrogen) atoms. The first kappa shape index (κ1) is 11.3. The monoisotopic (exact) mass is 239 g/mol. The Kier molecular flexibility index (Phi) is 3.34. The van der Waals surface area contributed by atoms with E-state index in [0.717, 1.165) is 11.3 Å². The highest BCUT2D eigenvalue weighted by Gasteiger charge is 2.30. The molecule has 0 fully saturated rings. The van der Waals surface area contributed by atoms with Crippen molar-refractivity contribution in [1.82, 2.24) is 5.32 Å². The topological polar surface area (TPSA) is 38.3 Å². The molecule has 2 rings (SSSR count). The Bertz CT molecular complexity index is 394. The van der Waals surface area contributed by atoms with Gasteiger partial charge in [0.1, 0.15) is 18.3 Å². The molecule has 1 aliphatic heterocycles. The maximum atomic E-state index is 11.9. The highest BCUT2D eigenvalue weighted by Crippen LogP contribution is 2.33. The van der Waals surface area contributed by atoms with Crippen LogP contribution in [0.5, 0.6) is 5.75 Å². The molecule has 1 aromatic carbocycles. The third-order valence-electron chi connectivity index (χ3n) is 2.64. The van der Waals surface area contributed by atoms with Crippen LogP contribution in [-0.4, -0.2) is 24.4 Å². The molecular formula is C12H14ClNO2. The maximum Gasteiger partial charge on any atom is 0.231 e. The summed E-state index contributed by atoms with van der Waals surface area (Å²) in [6, 6.07) is 7.62. The van der Waals surface area contributed by atoms with Gasteiger partial charge in [0.25, 0.3) is 0 Å². The Balaban J connectivity index is 2.10. The van der Waals surface area contributed by atoms with Gasteiger partial charge in [0.05, 0.1) is 0 Å². The second kappa shape index (κ2) is 4.74. The van der Waals surface area contributed by atoms with Crippen LogP contribution < -0.4 is 10.1 Å². The average Bonchev–Trinajstić information content (AvgIpc) is 2.72. The number of rotatable bonds is 3. The predicted octanol–water partition coefficient (Wildman–Crippen LogP) is 1.91. The molecule has 3 nitrogen and oxygen atoms in total. The molecule has 4 heteroatoms. The van der Waals surface area contributed by atoms with Crippen LogP contribution in [0.3, 0.4) is 0 Å². The van der Waals surface area contributed by atoms with Gasteiger partial charge in [-0.2, -0.15) is 0 Å². The first-order valence-electron chi connectivity index (χ1n) is 5.30. The number of carbonyl (C=O) groups excluding carboxylic acids is 1. The van der Waals surface area contributed by atoms with Gasteiger partial charge in [-0.1, -0.05) is 18.2 Å².